The third-order valence-electron chi connectivity index (χ3n) is 3.96. The van der Waals surface area contributed by atoms with Crippen molar-refractivity contribution in [1.82, 2.24) is 5.32 Å². The zero-order valence-corrected chi connectivity index (χ0v) is 13.4. The molecule has 0 atom stereocenters. The van der Waals surface area contributed by atoms with E-state index >= 15 is 0 Å². The number of nitrogens with one attached hydrogen (secondary N) is 1. The highest BCUT2D eigenvalue weighted by molar-refractivity contribution is 8.00. The average Bonchev–Trinajstić information content (AvgIpc) is 2.89. The van der Waals surface area contributed by atoms with Gasteiger partial charge in [-0.25, -0.2) is 4.39 Å². The zero-order chi connectivity index (χ0) is 16.3. The van der Waals surface area contributed by atoms with Crippen molar-refractivity contribution in [3.05, 3.63) is 65.5 Å². The van der Waals surface area contributed by atoms with Crippen LogP contribution in [0.3, 0.4) is 0 Å². The minimum absolute atomic E-state index is 0.135. The van der Waals surface area contributed by atoms with Gasteiger partial charge in [0.2, 0.25) is 5.91 Å². The number of halogens is 1. The normalized spacial score (nSPS) is 15.2. The van der Waals surface area contributed by atoms with E-state index in [0.717, 1.165) is 16.0 Å². The van der Waals surface area contributed by atoms with E-state index in [-0.39, 0.29) is 24.0 Å². The molecule has 0 bridgehead atoms. The monoisotopic (exact) mass is 331 g/mol. The van der Waals surface area contributed by atoms with Crippen molar-refractivity contribution in [2.75, 3.05) is 12.3 Å². The van der Waals surface area contributed by atoms with E-state index in [2.05, 4.69) is 5.32 Å². The summed E-state index contributed by atoms with van der Waals surface area (Å²) in [5, 5.41) is 13.4. The molecule has 0 saturated heterocycles. The highest BCUT2D eigenvalue weighted by atomic mass is 32.2. The fraction of sp³-hybridized carbons (Fsp3) is 0.278. The number of hydrogen-bond acceptors (Lipinski definition) is 3. The molecule has 0 heterocycles. The number of benzene rings is 2. The first kappa shape index (κ1) is 16.0. The topological polar surface area (TPSA) is 49.3 Å². The molecule has 2 aromatic rings. The SMILES string of the molecule is O=C(CSc1ccc(F)cc1)NCC1(O)Cc2ccccc2C1. The molecular formula is C18H18FNO2S. The summed E-state index contributed by atoms with van der Waals surface area (Å²) < 4.78 is 12.8. The summed E-state index contributed by atoms with van der Waals surface area (Å²) in [7, 11) is 0. The molecule has 1 amide bonds. The van der Waals surface area contributed by atoms with Crippen LogP contribution < -0.4 is 5.32 Å². The lowest BCUT2D eigenvalue weighted by Gasteiger charge is -2.22. The fourth-order valence-electron chi connectivity index (χ4n) is 2.79. The number of thioether (sulfide) groups is 1. The molecule has 0 aromatic heterocycles. The van der Waals surface area contributed by atoms with Gasteiger partial charge in [0.15, 0.2) is 0 Å². The summed E-state index contributed by atoms with van der Waals surface area (Å²) in [4.78, 5) is 12.8. The third kappa shape index (κ3) is 4.12. The highest BCUT2D eigenvalue weighted by Crippen LogP contribution is 2.29. The second-order valence-electron chi connectivity index (χ2n) is 5.87. The van der Waals surface area contributed by atoms with Crippen LogP contribution >= 0.6 is 11.8 Å². The van der Waals surface area contributed by atoms with Crippen molar-refractivity contribution in [3.8, 4) is 0 Å². The summed E-state index contributed by atoms with van der Waals surface area (Å²) in [6.07, 6.45) is 1.13. The Morgan fingerprint density at radius 2 is 1.74 bits per heavy atom. The number of amides is 1. The minimum atomic E-state index is -0.903. The number of rotatable bonds is 5. The van der Waals surface area contributed by atoms with Gasteiger partial charge in [-0.15, -0.1) is 11.8 Å². The molecule has 0 aliphatic heterocycles. The van der Waals surface area contributed by atoms with Crippen molar-refractivity contribution in [3.63, 3.8) is 0 Å². The zero-order valence-electron chi connectivity index (χ0n) is 12.6. The average molecular weight is 331 g/mol. The van der Waals surface area contributed by atoms with Gasteiger partial charge in [-0.1, -0.05) is 24.3 Å². The molecule has 0 unspecified atom stereocenters. The Morgan fingerprint density at radius 1 is 1.13 bits per heavy atom. The van der Waals surface area contributed by atoms with Crippen LogP contribution in [0.1, 0.15) is 11.1 Å². The summed E-state index contributed by atoms with van der Waals surface area (Å²) in [5.74, 6) is -0.181. The Labute approximate surface area is 138 Å². The van der Waals surface area contributed by atoms with E-state index < -0.39 is 5.60 Å². The number of carbonyl (C=O) groups is 1. The van der Waals surface area contributed by atoms with Crippen molar-refractivity contribution < 1.29 is 14.3 Å². The van der Waals surface area contributed by atoms with E-state index in [0.29, 0.717) is 12.8 Å². The third-order valence-corrected chi connectivity index (χ3v) is 4.97. The number of carbonyl (C=O) groups excluding carboxylic acids is 1. The lowest BCUT2D eigenvalue weighted by Crippen LogP contribution is -2.44. The molecule has 3 rings (SSSR count). The first-order valence-electron chi connectivity index (χ1n) is 7.48. The molecule has 23 heavy (non-hydrogen) atoms. The Kier molecular flexibility index (Phi) is 4.68. The maximum absolute atomic E-state index is 12.8. The van der Waals surface area contributed by atoms with Gasteiger partial charge in [-0.3, -0.25) is 4.79 Å². The molecule has 120 valence electrons. The first-order valence-corrected chi connectivity index (χ1v) is 8.47. The van der Waals surface area contributed by atoms with Crippen LogP contribution in [0.4, 0.5) is 4.39 Å². The van der Waals surface area contributed by atoms with Crippen molar-refractivity contribution >= 4 is 17.7 Å². The number of fused-ring (bicyclic) bond motifs is 1. The summed E-state index contributed by atoms with van der Waals surface area (Å²) in [6.45, 7) is 0.241. The van der Waals surface area contributed by atoms with Gasteiger partial charge in [-0.05, 0) is 35.4 Å². The van der Waals surface area contributed by atoms with Crippen LogP contribution in [0, 0.1) is 5.82 Å². The van der Waals surface area contributed by atoms with Gasteiger partial charge in [-0.2, -0.15) is 0 Å². The lowest BCUT2D eigenvalue weighted by molar-refractivity contribution is -0.119. The van der Waals surface area contributed by atoms with Crippen LogP contribution in [0.15, 0.2) is 53.4 Å². The summed E-state index contributed by atoms with van der Waals surface area (Å²) in [5.41, 5.74) is 1.38. The van der Waals surface area contributed by atoms with Crippen LogP contribution in [0.2, 0.25) is 0 Å². The van der Waals surface area contributed by atoms with E-state index in [9.17, 15) is 14.3 Å². The van der Waals surface area contributed by atoms with Gasteiger partial charge in [0.25, 0.3) is 0 Å². The van der Waals surface area contributed by atoms with Crippen LogP contribution in [0.5, 0.6) is 0 Å². The van der Waals surface area contributed by atoms with E-state index in [1.54, 1.807) is 12.1 Å². The summed E-state index contributed by atoms with van der Waals surface area (Å²) in [6, 6.07) is 14.0. The van der Waals surface area contributed by atoms with E-state index in [1.165, 1.54) is 23.9 Å². The standard InChI is InChI=1S/C18H18FNO2S/c19-15-5-7-16(8-6-15)23-11-17(21)20-12-18(22)9-13-3-1-2-4-14(13)10-18/h1-8,22H,9-12H2,(H,20,21). The largest absolute Gasteiger partial charge is 0.387 e. The first-order chi connectivity index (χ1) is 11.0. The molecule has 2 aromatic carbocycles. The molecule has 0 fully saturated rings. The second kappa shape index (κ2) is 6.72. The van der Waals surface area contributed by atoms with Gasteiger partial charge >= 0.3 is 0 Å². The Balaban J connectivity index is 1.47. The van der Waals surface area contributed by atoms with Crippen molar-refractivity contribution in [1.29, 1.82) is 0 Å². The fourth-order valence-corrected chi connectivity index (χ4v) is 3.52. The van der Waals surface area contributed by atoms with Gasteiger partial charge < -0.3 is 10.4 Å². The van der Waals surface area contributed by atoms with Crippen LogP contribution in [0.25, 0.3) is 0 Å². The predicted octanol–water partition coefficient (Wildman–Crippen LogP) is 2.56. The smallest absolute Gasteiger partial charge is 0.230 e. The molecular weight excluding hydrogens is 313 g/mol. The quantitative estimate of drug-likeness (QED) is 0.828. The Hall–Kier alpha value is -1.85. The molecule has 5 heteroatoms. The Bertz CT molecular complexity index is 677. The second-order valence-corrected chi connectivity index (χ2v) is 6.91. The van der Waals surface area contributed by atoms with Crippen molar-refractivity contribution in [2.45, 2.75) is 23.3 Å². The van der Waals surface area contributed by atoms with E-state index in [1.807, 2.05) is 24.3 Å². The predicted molar refractivity (Wildman–Crippen MR) is 88.9 cm³/mol. The molecule has 2 N–H and O–H groups in total. The van der Waals surface area contributed by atoms with Gasteiger partial charge in [0.05, 0.1) is 11.4 Å². The summed E-state index contributed by atoms with van der Waals surface area (Å²) >= 11 is 1.35. The maximum Gasteiger partial charge on any atom is 0.230 e. The molecule has 1 aliphatic rings. The minimum Gasteiger partial charge on any atom is -0.387 e. The number of aliphatic hydroxyl groups is 1. The molecule has 0 saturated carbocycles. The van der Waals surface area contributed by atoms with Crippen LogP contribution in [-0.4, -0.2) is 28.9 Å². The van der Waals surface area contributed by atoms with Crippen LogP contribution in [-0.2, 0) is 17.6 Å². The van der Waals surface area contributed by atoms with Gasteiger partial charge in [0.1, 0.15) is 5.82 Å². The Morgan fingerprint density at radius 3 is 2.35 bits per heavy atom. The lowest BCUT2D eigenvalue weighted by atomic mass is 10.0. The number of hydrogen-bond donors (Lipinski definition) is 2. The molecule has 1 aliphatic carbocycles. The highest BCUT2D eigenvalue weighted by Gasteiger charge is 2.35. The maximum atomic E-state index is 12.8. The van der Waals surface area contributed by atoms with Crippen molar-refractivity contribution in [2.24, 2.45) is 0 Å². The van der Waals surface area contributed by atoms with Gasteiger partial charge in [0, 0.05) is 24.3 Å². The van der Waals surface area contributed by atoms with E-state index in [4.69, 9.17) is 0 Å². The molecule has 0 spiro atoms. The molecule has 3 nitrogen and oxygen atoms in total. The molecule has 0 radical (unpaired) electrons.